The monoisotopic (exact) mass is 305 g/mol. The number of fused-ring (bicyclic) bond motifs is 1. The molecule has 2 heterocycles. The number of amides is 1. The number of benzene rings is 1. The van der Waals surface area contributed by atoms with Gasteiger partial charge in [-0.25, -0.2) is 0 Å². The maximum Gasteiger partial charge on any atom is 0.299 e. The third kappa shape index (κ3) is 2.31. The fraction of sp³-hybridized carbons (Fsp3) is 0.286. The molecule has 0 aliphatic carbocycles. The third-order valence-corrected chi connectivity index (χ3v) is 3.45. The number of anilines is 1. The van der Waals surface area contributed by atoms with Gasteiger partial charge in [0.15, 0.2) is 5.82 Å². The summed E-state index contributed by atoms with van der Waals surface area (Å²) < 4.78 is 5.10. The van der Waals surface area contributed by atoms with Crippen LogP contribution in [0.1, 0.15) is 41.8 Å². The van der Waals surface area contributed by atoms with E-state index in [9.17, 15) is 9.59 Å². The van der Waals surface area contributed by atoms with Crippen molar-refractivity contribution < 1.29 is 14.1 Å². The summed E-state index contributed by atoms with van der Waals surface area (Å²) >= 11 is 5.86. The lowest BCUT2D eigenvalue weighted by Gasteiger charge is -2.13. The van der Waals surface area contributed by atoms with Gasteiger partial charge in [0, 0.05) is 10.9 Å². The van der Waals surface area contributed by atoms with Crippen molar-refractivity contribution in [2.45, 2.75) is 26.3 Å². The van der Waals surface area contributed by atoms with Crippen LogP contribution < -0.4 is 4.90 Å². The van der Waals surface area contributed by atoms with Crippen molar-refractivity contribution in [1.29, 1.82) is 0 Å². The molecule has 1 aliphatic rings. The Labute approximate surface area is 125 Å². The first-order valence-corrected chi connectivity index (χ1v) is 6.83. The molecule has 1 aromatic heterocycles. The lowest BCUT2D eigenvalue weighted by atomic mass is 10.1. The molecule has 0 radical (unpaired) electrons. The first-order valence-electron chi connectivity index (χ1n) is 6.45. The quantitative estimate of drug-likeness (QED) is 0.815. The molecule has 2 aromatic rings. The molecule has 0 saturated carbocycles. The molecule has 0 atom stereocenters. The number of aromatic nitrogens is 2. The average molecular weight is 306 g/mol. The zero-order chi connectivity index (χ0) is 15.1. The summed E-state index contributed by atoms with van der Waals surface area (Å²) in [4.78, 5) is 29.6. The molecule has 0 spiro atoms. The predicted molar refractivity (Wildman–Crippen MR) is 75.4 cm³/mol. The number of Topliss-reactive ketones (excluding diaryl/α,β-unsaturated/α-hetero) is 1. The van der Waals surface area contributed by atoms with E-state index in [4.69, 9.17) is 16.1 Å². The Morgan fingerprint density at radius 3 is 2.76 bits per heavy atom. The van der Waals surface area contributed by atoms with Crippen molar-refractivity contribution in [3.8, 4) is 0 Å². The SMILES string of the molecule is CC(C)c1nc(CN2C(=O)C(=O)c3cc(Cl)ccc32)no1. The molecule has 0 unspecified atom stereocenters. The number of hydrogen-bond acceptors (Lipinski definition) is 5. The van der Waals surface area contributed by atoms with Crippen LogP contribution in [0.2, 0.25) is 5.02 Å². The molecule has 21 heavy (non-hydrogen) atoms. The van der Waals surface area contributed by atoms with Gasteiger partial charge in [0.2, 0.25) is 5.89 Å². The van der Waals surface area contributed by atoms with E-state index in [0.717, 1.165) is 0 Å². The Balaban J connectivity index is 1.92. The van der Waals surface area contributed by atoms with Crippen LogP contribution in [0.15, 0.2) is 22.7 Å². The van der Waals surface area contributed by atoms with Crippen molar-refractivity contribution in [1.82, 2.24) is 10.1 Å². The second-order valence-electron chi connectivity index (χ2n) is 5.09. The molecule has 1 aliphatic heterocycles. The Bertz CT molecular complexity index is 739. The molecule has 0 fully saturated rings. The van der Waals surface area contributed by atoms with E-state index < -0.39 is 11.7 Å². The minimum atomic E-state index is -0.608. The van der Waals surface area contributed by atoms with Crippen LogP contribution in [0.5, 0.6) is 0 Å². The zero-order valence-electron chi connectivity index (χ0n) is 11.5. The Hall–Kier alpha value is -2.21. The summed E-state index contributed by atoms with van der Waals surface area (Å²) in [5.74, 6) is -0.210. The maximum atomic E-state index is 12.1. The van der Waals surface area contributed by atoms with E-state index in [1.807, 2.05) is 13.8 Å². The van der Waals surface area contributed by atoms with Gasteiger partial charge in [-0.3, -0.25) is 14.5 Å². The van der Waals surface area contributed by atoms with Gasteiger partial charge in [0.05, 0.1) is 17.8 Å². The van der Waals surface area contributed by atoms with Gasteiger partial charge in [-0.2, -0.15) is 4.98 Å². The molecule has 1 aromatic carbocycles. The largest absolute Gasteiger partial charge is 0.339 e. The summed E-state index contributed by atoms with van der Waals surface area (Å²) in [6.45, 7) is 3.95. The molecule has 0 saturated heterocycles. The molecular weight excluding hydrogens is 294 g/mol. The number of carbonyl (C=O) groups excluding carboxylic acids is 2. The van der Waals surface area contributed by atoms with E-state index in [0.29, 0.717) is 28.0 Å². The summed E-state index contributed by atoms with van der Waals surface area (Å²) in [5.41, 5.74) is 0.824. The number of carbonyl (C=O) groups is 2. The topological polar surface area (TPSA) is 76.3 Å². The van der Waals surface area contributed by atoms with E-state index in [2.05, 4.69) is 10.1 Å². The highest BCUT2D eigenvalue weighted by Gasteiger charge is 2.36. The Kier molecular flexibility index (Phi) is 3.25. The number of hydrogen-bond donors (Lipinski definition) is 0. The minimum absolute atomic E-state index is 0.0927. The summed E-state index contributed by atoms with van der Waals surface area (Å²) in [5, 5.41) is 4.25. The third-order valence-electron chi connectivity index (χ3n) is 3.21. The van der Waals surface area contributed by atoms with Gasteiger partial charge < -0.3 is 4.52 Å². The lowest BCUT2D eigenvalue weighted by Crippen LogP contribution is -2.29. The molecular formula is C14H12ClN3O3. The summed E-state index contributed by atoms with van der Waals surface area (Å²) in [7, 11) is 0. The number of halogens is 1. The van der Waals surface area contributed by atoms with Crippen LogP contribution in [-0.2, 0) is 11.3 Å². The number of ketones is 1. The zero-order valence-corrected chi connectivity index (χ0v) is 12.2. The van der Waals surface area contributed by atoms with Crippen LogP contribution in [0.3, 0.4) is 0 Å². The van der Waals surface area contributed by atoms with Gasteiger partial charge in [0.25, 0.3) is 11.7 Å². The van der Waals surface area contributed by atoms with Crippen LogP contribution in [-0.4, -0.2) is 21.8 Å². The normalized spacial score (nSPS) is 14.2. The van der Waals surface area contributed by atoms with Gasteiger partial charge >= 0.3 is 0 Å². The summed E-state index contributed by atoms with van der Waals surface area (Å²) in [6.07, 6.45) is 0. The van der Waals surface area contributed by atoms with Crippen molar-refractivity contribution in [3.05, 3.63) is 40.5 Å². The first-order chi connectivity index (χ1) is 9.97. The first kappa shape index (κ1) is 13.8. The molecule has 0 bridgehead atoms. The smallest absolute Gasteiger partial charge is 0.299 e. The molecule has 0 N–H and O–H groups in total. The fourth-order valence-corrected chi connectivity index (χ4v) is 2.31. The predicted octanol–water partition coefficient (Wildman–Crippen LogP) is 2.58. The summed E-state index contributed by atoms with van der Waals surface area (Å²) in [6, 6.07) is 4.77. The van der Waals surface area contributed by atoms with Crippen LogP contribution in [0.25, 0.3) is 0 Å². The second kappa shape index (κ2) is 4.96. The van der Waals surface area contributed by atoms with Gasteiger partial charge in [-0.05, 0) is 18.2 Å². The molecule has 6 nitrogen and oxygen atoms in total. The molecule has 7 heteroatoms. The van der Waals surface area contributed by atoms with Gasteiger partial charge in [-0.1, -0.05) is 30.6 Å². The standard InChI is InChI=1S/C14H12ClN3O3/c1-7(2)13-16-11(17-21-13)6-18-10-4-3-8(15)5-9(10)12(19)14(18)20/h3-5,7H,6H2,1-2H3. The molecule has 108 valence electrons. The van der Waals surface area contributed by atoms with Crippen molar-refractivity contribution >= 4 is 29.0 Å². The van der Waals surface area contributed by atoms with E-state index in [1.54, 1.807) is 12.1 Å². The molecule has 1 amide bonds. The maximum absolute atomic E-state index is 12.1. The second-order valence-corrected chi connectivity index (χ2v) is 5.52. The minimum Gasteiger partial charge on any atom is -0.339 e. The van der Waals surface area contributed by atoms with E-state index >= 15 is 0 Å². The van der Waals surface area contributed by atoms with Crippen LogP contribution >= 0.6 is 11.6 Å². The van der Waals surface area contributed by atoms with Gasteiger partial charge in [-0.15, -0.1) is 0 Å². The number of rotatable bonds is 3. The highest BCUT2D eigenvalue weighted by Crippen LogP contribution is 2.32. The average Bonchev–Trinajstić information content (AvgIpc) is 2.99. The van der Waals surface area contributed by atoms with Crippen molar-refractivity contribution in [3.63, 3.8) is 0 Å². The van der Waals surface area contributed by atoms with Gasteiger partial charge in [0.1, 0.15) is 0 Å². The van der Waals surface area contributed by atoms with Crippen LogP contribution in [0, 0.1) is 0 Å². The van der Waals surface area contributed by atoms with Crippen molar-refractivity contribution in [2.24, 2.45) is 0 Å². The van der Waals surface area contributed by atoms with Crippen molar-refractivity contribution in [2.75, 3.05) is 4.90 Å². The van der Waals surface area contributed by atoms with E-state index in [-0.39, 0.29) is 12.5 Å². The highest BCUT2D eigenvalue weighted by molar-refractivity contribution is 6.52. The number of nitrogens with zero attached hydrogens (tertiary/aromatic N) is 3. The Morgan fingerprint density at radius 1 is 1.33 bits per heavy atom. The Morgan fingerprint density at radius 2 is 2.10 bits per heavy atom. The van der Waals surface area contributed by atoms with Crippen LogP contribution in [0.4, 0.5) is 5.69 Å². The lowest BCUT2D eigenvalue weighted by molar-refractivity contribution is -0.114. The highest BCUT2D eigenvalue weighted by atomic mass is 35.5. The fourth-order valence-electron chi connectivity index (χ4n) is 2.14. The van der Waals surface area contributed by atoms with E-state index in [1.165, 1.54) is 11.0 Å². The molecule has 3 rings (SSSR count).